The van der Waals surface area contributed by atoms with Crippen LogP contribution in [0.25, 0.3) is 5.69 Å². The fourth-order valence-corrected chi connectivity index (χ4v) is 2.28. The lowest BCUT2D eigenvalue weighted by molar-refractivity contribution is -0.125. The highest BCUT2D eigenvalue weighted by atomic mass is 32.2. The lowest BCUT2D eigenvalue weighted by atomic mass is 10.3. The SMILES string of the molecule is COc1cccc(-n2cnnc2S[C@@H](C)C(F)(F)F)c1. The van der Waals surface area contributed by atoms with Crippen LogP contribution in [0, 0.1) is 0 Å². The van der Waals surface area contributed by atoms with Crippen LogP contribution < -0.4 is 4.74 Å². The van der Waals surface area contributed by atoms with E-state index in [-0.39, 0.29) is 5.16 Å². The lowest BCUT2D eigenvalue weighted by Crippen LogP contribution is -2.22. The van der Waals surface area contributed by atoms with Gasteiger partial charge in [-0.15, -0.1) is 10.2 Å². The number of nitrogens with zero attached hydrogens (tertiary/aromatic N) is 3. The Morgan fingerprint density at radius 2 is 2.10 bits per heavy atom. The normalized spacial score (nSPS) is 13.2. The minimum Gasteiger partial charge on any atom is -0.497 e. The summed E-state index contributed by atoms with van der Waals surface area (Å²) in [6, 6.07) is 6.94. The fraction of sp³-hybridized carbons (Fsp3) is 0.333. The summed E-state index contributed by atoms with van der Waals surface area (Å²) in [4.78, 5) is 0. The van der Waals surface area contributed by atoms with Crippen molar-refractivity contribution in [2.24, 2.45) is 0 Å². The van der Waals surface area contributed by atoms with Gasteiger partial charge in [0.25, 0.3) is 0 Å². The van der Waals surface area contributed by atoms with Gasteiger partial charge in [0, 0.05) is 6.07 Å². The highest BCUT2D eigenvalue weighted by Crippen LogP contribution is 2.34. The molecule has 1 aromatic heterocycles. The Bertz CT molecular complexity index is 585. The number of aromatic nitrogens is 3. The average Bonchev–Trinajstić information content (AvgIpc) is 2.86. The third-order valence-corrected chi connectivity index (χ3v) is 3.70. The van der Waals surface area contributed by atoms with E-state index in [4.69, 9.17) is 4.74 Å². The molecule has 108 valence electrons. The maximum Gasteiger partial charge on any atom is 0.400 e. The van der Waals surface area contributed by atoms with Crippen molar-refractivity contribution in [3.63, 3.8) is 0 Å². The summed E-state index contributed by atoms with van der Waals surface area (Å²) < 4.78 is 44.4. The summed E-state index contributed by atoms with van der Waals surface area (Å²) in [6.45, 7) is 1.09. The molecule has 2 aromatic rings. The van der Waals surface area contributed by atoms with Crippen LogP contribution in [0.2, 0.25) is 0 Å². The standard InChI is InChI=1S/C12H12F3N3OS/c1-8(12(13,14)15)20-11-17-16-7-18(11)9-4-3-5-10(6-9)19-2/h3-8H,1-2H3/t8-/m0/s1. The van der Waals surface area contributed by atoms with Gasteiger partial charge in [0.2, 0.25) is 0 Å². The molecule has 0 saturated carbocycles. The number of benzene rings is 1. The molecular weight excluding hydrogens is 291 g/mol. The van der Waals surface area contributed by atoms with Gasteiger partial charge in [-0.05, 0) is 19.1 Å². The molecular formula is C12H12F3N3OS. The summed E-state index contributed by atoms with van der Waals surface area (Å²) in [5, 5.41) is 6.03. The minimum atomic E-state index is -4.28. The van der Waals surface area contributed by atoms with Gasteiger partial charge < -0.3 is 4.74 Å². The maximum absolute atomic E-state index is 12.6. The molecule has 0 saturated heterocycles. The number of rotatable bonds is 4. The van der Waals surface area contributed by atoms with Crippen LogP contribution in [-0.2, 0) is 0 Å². The van der Waals surface area contributed by atoms with E-state index in [1.807, 2.05) is 0 Å². The van der Waals surface area contributed by atoms with E-state index in [1.165, 1.54) is 18.0 Å². The first kappa shape index (κ1) is 14.7. The van der Waals surface area contributed by atoms with E-state index in [2.05, 4.69) is 10.2 Å². The second-order valence-electron chi connectivity index (χ2n) is 3.99. The summed E-state index contributed by atoms with van der Waals surface area (Å²) >= 11 is 0.616. The molecule has 1 atom stereocenters. The second-order valence-corrected chi connectivity index (χ2v) is 5.29. The van der Waals surface area contributed by atoms with Gasteiger partial charge in [-0.1, -0.05) is 17.8 Å². The van der Waals surface area contributed by atoms with Crippen molar-refractivity contribution in [3.05, 3.63) is 30.6 Å². The van der Waals surface area contributed by atoms with Crippen molar-refractivity contribution in [2.45, 2.75) is 23.5 Å². The number of hydrogen-bond donors (Lipinski definition) is 0. The van der Waals surface area contributed by atoms with E-state index in [0.29, 0.717) is 23.2 Å². The Labute approximate surface area is 118 Å². The van der Waals surface area contributed by atoms with Gasteiger partial charge in [-0.3, -0.25) is 4.57 Å². The summed E-state index contributed by atoms with van der Waals surface area (Å²) in [5.74, 6) is 0.607. The third-order valence-electron chi connectivity index (χ3n) is 2.59. The molecule has 0 bridgehead atoms. The zero-order valence-electron chi connectivity index (χ0n) is 10.8. The Balaban J connectivity index is 2.28. The second kappa shape index (κ2) is 5.74. The zero-order chi connectivity index (χ0) is 14.8. The lowest BCUT2D eigenvalue weighted by Gasteiger charge is -2.15. The first-order chi connectivity index (χ1) is 9.41. The highest BCUT2D eigenvalue weighted by molar-refractivity contribution is 7.99. The van der Waals surface area contributed by atoms with Crippen molar-refractivity contribution in [1.82, 2.24) is 14.8 Å². The fourth-order valence-electron chi connectivity index (χ4n) is 1.47. The molecule has 0 fully saturated rings. The molecule has 1 heterocycles. The quantitative estimate of drug-likeness (QED) is 0.812. The highest BCUT2D eigenvalue weighted by Gasteiger charge is 2.37. The molecule has 8 heteroatoms. The largest absolute Gasteiger partial charge is 0.497 e. The average molecular weight is 303 g/mol. The number of ether oxygens (including phenoxy) is 1. The summed E-state index contributed by atoms with van der Waals surface area (Å²) in [5.41, 5.74) is 0.645. The summed E-state index contributed by atoms with van der Waals surface area (Å²) in [6.07, 6.45) is -2.91. The van der Waals surface area contributed by atoms with Crippen LogP contribution in [0.15, 0.2) is 35.7 Å². The molecule has 0 unspecified atom stereocenters. The summed E-state index contributed by atoms with van der Waals surface area (Å²) in [7, 11) is 1.52. The molecule has 4 nitrogen and oxygen atoms in total. The van der Waals surface area contributed by atoms with Gasteiger partial charge in [0.05, 0.1) is 12.8 Å². The number of alkyl halides is 3. The van der Waals surface area contributed by atoms with Gasteiger partial charge in [0.15, 0.2) is 5.16 Å². The Morgan fingerprint density at radius 3 is 2.75 bits per heavy atom. The molecule has 0 radical (unpaired) electrons. The van der Waals surface area contributed by atoms with E-state index in [1.54, 1.807) is 24.3 Å². The van der Waals surface area contributed by atoms with Gasteiger partial charge in [-0.2, -0.15) is 13.2 Å². The molecule has 1 aromatic carbocycles. The molecule has 0 spiro atoms. The van der Waals surface area contributed by atoms with E-state index in [0.717, 1.165) is 6.92 Å². The van der Waals surface area contributed by atoms with Crippen LogP contribution in [0.3, 0.4) is 0 Å². The maximum atomic E-state index is 12.6. The van der Waals surface area contributed by atoms with Crippen molar-refractivity contribution < 1.29 is 17.9 Å². The van der Waals surface area contributed by atoms with Gasteiger partial charge in [-0.25, -0.2) is 0 Å². The molecule has 0 amide bonds. The number of hydrogen-bond acceptors (Lipinski definition) is 4. The monoisotopic (exact) mass is 303 g/mol. The molecule has 20 heavy (non-hydrogen) atoms. The van der Waals surface area contributed by atoms with Crippen LogP contribution in [0.5, 0.6) is 5.75 Å². The first-order valence-corrected chi connectivity index (χ1v) is 6.57. The number of methoxy groups -OCH3 is 1. The zero-order valence-corrected chi connectivity index (χ0v) is 11.6. The van der Waals surface area contributed by atoms with Crippen molar-refractivity contribution in [2.75, 3.05) is 7.11 Å². The number of halogens is 3. The third kappa shape index (κ3) is 3.24. The first-order valence-electron chi connectivity index (χ1n) is 5.69. The topological polar surface area (TPSA) is 39.9 Å². The van der Waals surface area contributed by atoms with Gasteiger partial charge in [0.1, 0.15) is 17.3 Å². The van der Waals surface area contributed by atoms with Crippen LogP contribution in [0.4, 0.5) is 13.2 Å². The van der Waals surface area contributed by atoms with Crippen molar-refractivity contribution >= 4 is 11.8 Å². The Kier molecular flexibility index (Phi) is 4.22. The molecule has 0 aliphatic carbocycles. The van der Waals surface area contributed by atoms with E-state index >= 15 is 0 Å². The van der Waals surface area contributed by atoms with Crippen molar-refractivity contribution in [1.29, 1.82) is 0 Å². The van der Waals surface area contributed by atoms with Crippen LogP contribution in [0.1, 0.15) is 6.92 Å². The van der Waals surface area contributed by atoms with Crippen LogP contribution in [-0.4, -0.2) is 33.3 Å². The number of thioether (sulfide) groups is 1. The predicted octanol–water partition coefficient (Wildman–Crippen LogP) is 3.32. The Hall–Kier alpha value is -1.70. The molecule has 0 N–H and O–H groups in total. The van der Waals surface area contributed by atoms with E-state index in [9.17, 15) is 13.2 Å². The van der Waals surface area contributed by atoms with E-state index < -0.39 is 11.4 Å². The smallest absolute Gasteiger partial charge is 0.400 e. The van der Waals surface area contributed by atoms with Crippen molar-refractivity contribution in [3.8, 4) is 11.4 Å². The van der Waals surface area contributed by atoms with Crippen LogP contribution >= 0.6 is 11.8 Å². The minimum absolute atomic E-state index is 0.183. The molecule has 2 rings (SSSR count). The Morgan fingerprint density at radius 1 is 1.35 bits per heavy atom. The predicted molar refractivity (Wildman–Crippen MR) is 69.3 cm³/mol. The van der Waals surface area contributed by atoms with Gasteiger partial charge >= 0.3 is 6.18 Å². The molecule has 0 aliphatic heterocycles. The molecule has 0 aliphatic rings.